The summed E-state index contributed by atoms with van der Waals surface area (Å²) in [6.07, 6.45) is 8.95. The number of guanidine groups is 1. The highest BCUT2D eigenvalue weighted by atomic mass is 32.1. The summed E-state index contributed by atoms with van der Waals surface area (Å²) in [5, 5.41) is 11.0. The SMILES string of the molecule is CN=C(NCC1(N2CCOCC2)CCCCC1)NC1CCN(c2cccs2)CC1. The molecule has 1 saturated carbocycles. The number of hydrogen-bond acceptors (Lipinski definition) is 5. The summed E-state index contributed by atoms with van der Waals surface area (Å²) >= 11 is 1.84. The van der Waals surface area contributed by atoms with Crippen LogP contribution in [0.2, 0.25) is 0 Å². The molecule has 0 bridgehead atoms. The molecule has 2 aliphatic heterocycles. The van der Waals surface area contributed by atoms with E-state index in [9.17, 15) is 0 Å². The number of hydrogen-bond donors (Lipinski definition) is 2. The van der Waals surface area contributed by atoms with E-state index >= 15 is 0 Å². The van der Waals surface area contributed by atoms with E-state index in [2.05, 4.69) is 42.9 Å². The van der Waals surface area contributed by atoms with E-state index in [0.29, 0.717) is 6.04 Å². The van der Waals surface area contributed by atoms with Gasteiger partial charge in [-0.05, 0) is 43.2 Å². The Hall–Kier alpha value is -1.31. The molecule has 4 rings (SSSR count). The molecular formula is C22H37N5OS. The molecule has 3 heterocycles. The Morgan fingerprint density at radius 2 is 1.93 bits per heavy atom. The number of anilines is 1. The Labute approximate surface area is 179 Å². The summed E-state index contributed by atoms with van der Waals surface area (Å²) in [5.74, 6) is 0.970. The molecule has 0 unspecified atom stereocenters. The van der Waals surface area contributed by atoms with Crippen molar-refractivity contribution in [2.24, 2.45) is 4.99 Å². The van der Waals surface area contributed by atoms with Crippen molar-refractivity contribution in [1.29, 1.82) is 0 Å². The van der Waals surface area contributed by atoms with Crippen LogP contribution >= 0.6 is 11.3 Å². The highest BCUT2D eigenvalue weighted by molar-refractivity contribution is 7.14. The number of nitrogens with zero attached hydrogens (tertiary/aromatic N) is 3. The normalized spacial score (nSPS) is 24.4. The first-order valence-corrected chi connectivity index (χ1v) is 12.3. The molecule has 7 heteroatoms. The number of aliphatic imine (C=N–C) groups is 1. The van der Waals surface area contributed by atoms with Gasteiger partial charge in [-0.15, -0.1) is 11.3 Å². The Morgan fingerprint density at radius 1 is 1.17 bits per heavy atom. The first-order chi connectivity index (χ1) is 14.3. The summed E-state index contributed by atoms with van der Waals surface area (Å²) in [6.45, 7) is 7.10. The summed E-state index contributed by atoms with van der Waals surface area (Å²) in [6, 6.07) is 4.88. The number of thiophene rings is 1. The lowest BCUT2D eigenvalue weighted by Crippen LogP contribution is -2.61. The van der Waals surface area contributed by atoms with E-state index in [1.54, 1.807) is 0 Å². The van der Waals surface area contributed by atoms with E-state index in [4.69, 9.17) is 4.74 Å². The first kappa shape index (κ1) is 20.9. The zero-order chi connectivity index (χ0) is 19.9. The molecule has 3 aliphatic rings. The summed E-state index contributed by atoms with van der Waals surface area (Å²) in [7, 11) is 1.90. The van der Waals surface area contributed by atoms with Gasteiger partial charge in [-0.25, -0.2) is 0 Å². The van der Waals surface area contributed by atoms with Crippen LogP contribution < -0.4 is 15.5 Å². The van der Waals surface area contributed by atoms with Gasteiger partial charge in [-0.3, -0.25) is 9.89 Å². The van der Waals surface area contributed by atoms with E-state index in [-0.39, 0.29) is 5.54 Å². The summed E-state index contributed by atoms with van der Waals surface area (Å²) in [5.41, 5.74) is 0.266. The van der Waals surface area contributed by atoms with Crippen molar-refractivity contribution in [3.05, 3.63) is 17.5 Å². The third-order valence-corrected chi connectivity index (χ3v) is 7.86. The van der Waals surface area contributed by atoms with Crippen LogP contribution in [0, 0.1) is 0 Å². The van der Waals surface area contributed by atoms with Crippen LogP contribution in [0.4, 0.5) is 5.00 Å². The predicted octanol–water partition coefficient (Wildman–Crippen LogP) is 2.92. The lowest BCUT2D eigenvalue weighted by atomic mass is 9.80. The molecule has 1 aromatic rings. The van der Waals surface area contributed by atoms with E-state index in [0.717, 1.165) is 64.7 Å². The molecule has 29 heavy (non-hydrogen) atoms. The molecule has 1 aromatic heterocycles. The minimum Gasteiger partial charge on any atom is -0.379 e. The van der Waals surface area contributed by atoms with E-state index in [1.165, 1.54) is 37.1 Å². The first-order valence-electron chi connectivity index (χ1n) is 11.4. The fraction of sp³-hybridized carbons (Fsp3) is 0.773. The smallest absolute Gasteiger partial charge is 0.191 e. The van der Waals surface area contributed by atoms with Crippen molar-refractivity contribution in [2.45, 2.75) is 56.5 Å². The average Bonchev–Trinajstić information content (AvgIpc) is 3.33. The topological polar surface area (TPSA) is 52.1 Å². The van der Waals surface area contributed by atoms with Crippen molar-refractivity contribution in [3.8, 4) is 0 Å². The Balaban J connectivity index is 1.29. The van der Waals surface area contributed by atoms with Gasteiger partial charge in [0.05, 0.1) is 18.2 Å². The average molecular weight is 420 g/mol. The zero-order valence-corrected chi connectivity index (χ0v) is 18.7. The molecule has 162 valence electrons. The quantitative estimate of drug-likeness (QED) is 0.568. The van der Waals surface area contributed by atoms with Gasteiger partial charge in [0.25, 0.3) is 0 Å². The van der Waals surface area contributed by atoms with Crippen molar-refractivity contribution in [1.82, 2.24) is 15.5 Å². The van der Waals surface area contributed by atoms with Crippen LogP contribution in [0.3, 0.4) is 0 Å². The van der Waals surface area contributed by atoms with Crippen LogP contribution in [0.15, 0.2) is 22.5 Å². The molecule has 0 spiro atoms. The highest BCUT2D eigenvalue weighted by Gasteiger charge is 2.38. The third kappa shape index (κ3) is 5.25. The molecule has 0 amide bonds. The zero-order valence-electron chi connectivity index (χ0n) is 17.9. The second-order valence-electron chi connectivity index (χ2n) is 8.67. The standard InChI is InChI=1S/C22H37N5OS/c1-23-21(25-19-7-11-26(12-8-19)20-6-5-17-29-20)24-18-22(9-3-2-4-10-22)27-13-15-28-16-14-27/h5-6,17,19H,2-4,7-16,18H2,1H3,(H2,23,24,25). The molecule has 2 N–H and O–H groups in total. The lowest BCUT2D eigenvalue weighted by Gasteiger charge is -2.48. The molecule has 0 aromatic carbocycles. The van der Waals surface area contributed by atoms with Crippen LogP contribution in [-0.2, 0) is 4.74 Å². The molecular weight excluding hydrogens is 382 g/mol. The van der Waals surface area contributed by atoms with Gasteiger partial charge >= 0.3 is 0 Å². The van der Waals surface area contributed by atoms with E-state index < -0.39 is 0 Å². The Morgan fingerprint density at radius 3 is 2.59 bits per heavy atom. The number of morpholine rings is 1. The Bertz CT molecular complexity index is 630. The molecule has 2 saturated heterocycles. The maximum atomic E-state index is 5.62. The minimum absolute atomic E-state index is 0.266. The van der Waals surface area contributed by atoms with Gasteiger partial charge in [0, 0.05) is 51.4 Å². The Kier molecular flexibility index (Phi) is 7.32. The second kappa shape index (κ2) is 10.1. The molecule has 1 aliphatic carbocycles. The van der Waals surface area contributed by atoms with Gasteiger partial charge in [-0.2, -0.15) is 0 Å². The van der Waals surface area contributed by atoms with Gasteiger partial charge in [0.2, 0.25) is 0 Å². The third-order valence-electron chi connectivity index (χ3n) is 6.93. The largest absolute Gasteiger partial charge is 0.379 e. The summed E-state index contributed by atoms with van der Waals surface area (Å²) < 4.78 is 5.62. The van der Waals surface area contributed by atoms with Crippen LogP contribution in [0.5, 0.6) is 0 Å². The lowest BCUT2D eigenvalue weighted by molar-refractivity contribution is -0.0352. The van der Waals surface area contributed by atoms with Crippen LogP contribution in [-0.4, -0.2) is 75.4 Å². The molecule has 0 atom stereocenters. The predicted molar refractivity (Wildman–Crippen MR) is 122 cm³/mol. The molecule has 6 nitrogen and oxygen atoms in total. The van der Waals surface area contributed by atoms with Crippen molar-refractivity contribution >= 4 is 22.3 Å². The van der Waals surface area contributed by atoms with Crippen LogP contribution in [0.1, 0.15) is 44.9 Å². The number of nitrogens with one attached hydrogen (secondary N) is 2. The van der Waals surface area contributed by atoms with Gasteiger partial charge in [0.1, 0.15) is 0 Å². The van der Waals surface area contributed by atoms with Crippen molar-refractivity contribution in [3.63, 3.8) is 0 Å². The number of rotatable bonds is 5. The minimum atomic E-state index is 0.266. The second-order valence-corrected chi connectivity index (χ2v) is 9.59. The van der Waals surface area contributed by atoms with E-state index in [1.807, 2.05) is 18.4 Å². The fourth-order valence-corrected chi connectivity index (χ4v) is 5.97. The maximum absolute atomic E-state index is 5.62. The number of piperidine rings is 1. The van der Waals surface area contributed by atoms with Gasteiger partial charge in [0.15, 0.2) is 5.96 Å². The highest BCUT2D eigenvalue weighted by Crippen LogP contribution is 2.34. The molecule has 0 radical (unpaired) electrons. The number of ether oxygens (including phenoxy) is 1. The van der Waals surface area contributed by atoms with Gasteiger partial charge < -0.3 is 20.3 Å². The monoisotopic (exact) mass is 419 g/mol. The van der Waals surface area contributed by atoms with Crippen LogP contribution in [0.25, 0.3) is 0 Å². The van der Waals surface area contributed by atoms with Crippen molar-refractivity contribution in [2.75, 3.05) is 57.9 Å². The van der Waals surface area contributed by atoms with Crippen molar-refractivity contribution < 1.29 is 4.74 Å². The molecule has 3 fully saturated rings. The summed E-state index contributed by atoms with van der Waals surface area (Å²) in [4.78, 5) is 9.75. The fourth-order valence-electron chi connectivity index (χ4n) is 5.18. The van der Waals surface area contributed by atoms with Gasteiger partial charge in [-0.1, -0.05) is 19.3 Å². The maximum Gasteiger partial charge on any atom is 0.191 e.